The van der Waals surface area contributed by atoms with Crippen molar-refractivity contribution in [3.63, 3.8) is 0 Å². The Morgan fingerprint density at radius 2 is 1.88 bits per heavy atom. The van der Waals surface area contributed by atoms with Gasteiger partial charge in [-0.3, -0.25) is 0 Å². The van der Waals surface area contributed by atoms with Crippen LogP contribution in [-0.4, -0.2) is 42.5 Å². The van der Waals surface area contributed by atoms with Crippen molar-refractivity contribution in [3.8, 4) is 5.75 Å². The zero-order valence-electron chi connectivity index (χ0n) is 13.8. The molecule has 0 spiro atoms. The van der Waals surface area contributed by atoms with Gasteiger partial charge < -0.3 is 9.30 Å². The maximum absolute atomic E-state index is 12.7. The predicted octanol–water partition coefficient (Wildman–Crippen LogP) is 1.45. The highest BCUT2D eigenvalue weighted by Crippen LogP contribution is 2.25. The molecular formula is C16H22N4O3S. The van der Waals surface area contributed by atoms with Crippen LogP contribution in [0.25, 0.3) is 0 Å². The Hall–Kier alpha value is -1.90. The van der Waals surface area contributed by atoms with Gasteiger partial charge in [-0.15, -0.1) is 0 Å². The number of nitrogens with zero attached hydrogens (tertiary/aromatic N) is 3. The lowest BCUT2D eigenvalue weighted by molar-refractivity contribution is 0.414. The van der Waals surface area contributed by atoms with Gasteiger partial charge in [0.25, 0.3) is 10.2 Å². The van der Waals surface area contributed by atoms with Crippen LogP contribution in [0.5, 0.6) is 5.75 Å². The molecule has 3 rings (SSSR count). The van der Waals surface area contributed by atoms with Gasteiger partial charge in [0, 0.05) is 32.5 Å². The molecular weight excluding hydrogens is 328 g/mol. The molecule has 1 unspecified atom stereocenters. The second kappa shape index (κ2) is 6.92. The molecule has 7 nitrogen and oxygen atoms in total. The summed E-state index contributed by atoms with van der Waals surface area (Å²) in [6.07, 6.45) is 5.26. The van der Waals surface area contributed by atoms with Crippen LogP contribution in [0.15, 0.2) is 36.7 Å². The molecule has 0 bridgehead atoms. The van der Waals surface area contributed by atoms with E-state index in [2.05, 4.69) is 9.71 Å². The van der Waals surface area contributed by atoms with E-state index >= 15 is 0 Å². The van der Waals surface area contributed by atoms with Crippen LogP contribution in [0.4, 0.5) is 0 Å². The third-order valence-corrected chi connectivity index (χ3v) is 5.82. The molecule has 1 atom stereocenters. The van der Waals surface area contributed by atoms with Gasteiger partial charge in [0.05, 0.1) is 7.11 Å². The molecule has 2 aromatic rings. The topological polar surface area (TPSA) is 76.5 Å². The lowest BCUT2D eigenvalue weighted by Gasteiger charge is -2.23. The first-order chi connectivity index (χ1) is 11.5. The van der Waals surface area contributed by atoms with Crippen molar-refractivity contribution >= 4 is 10.2 Å². The first kappa shape index (κ1) is 16.9. The van der Waals surface area contributed by atoms with Crippen molar-refractivity contribution in [1.82, 2.24) is 18.6 Å². The number of nitrogens with one attached hydrogen (secondary N) is 1. The van der Waals surface area contributed by atoms with E-state index in [1.807, 2.05) is 35.9 Å². The van der Waals surface area contributed by atoms with E-state index in [4.69, 9.17) is 4.74 Å². The van der Waals surface area contributed by atoms with E-state index in [1.165, 1.54) is 4.31 Å². The molecule has 0 saturated carbocycles. The minimum Gasteiger partial charge on any atom is -0.497 e. The average molecular weight is 350 g/mol. The SMILES string of the molecule is COc1ccc(C(NS(=O)(=O)N2CCCC2)c2nccn2C)cc1. The van der Waals surface area contributed by atoms with Gasteiger partial charge in [-0.05, 0) is 30.5 Å². The molecule has 24 heavy (non-hydrogen) atoms. The fourth-order valence-corrected chi connectivity index (χ4v) is 4.30. The van der Waals surface area contributed by atoms with Crippen molar-refractivity contribution in [2.75, 3.05) is 20.2 Å². The standard InChI is InChI=1S/C16H22N4O3S/c1-19-12-9-17-16(19)15(13-5-7-14(23-2)8-6-13)18-24(21,22)20-10-3-4-11-20/h5-9,12,15,18H,3-4,10-11H2,1-2H3. The second-order valence-corrected chi connectivity index (χ2v) is 7.53. The van der Waals surface area contributed by atoms with Crippen LogP contribution in [0, 0.1) is 0 Å². The number of ether oxygens (including phenoxy) is 1. The van der Waals surface area contributed by atoms with Crippen LogP contribution < -0.4 is 9.46 Å². The molecule has 2 heterocycles. The third kappa shape index (κ3) is 3.45. The zero-order valence-corrected chi connectivity index (χ0v) is 14.7. The van der Waals surface area contributed by atoms with Gasteiger partial charge in [-0.1, -0.05) is 12.1 Å². The molecule has 1 aliphatic heterocycles. The number of hydrogen-bond acceptors (Lipinski definition) is 4. The summed E-state index contributed by atoms with van der Waals surface area (Å²) in [5.74, 6) is 1.36. The summed E-state index contributed by atoms with van der Waals surface area (Å²) in [4.78, 5) is 4.33. The number of benzene rings is 1. The molecule has 1 saturated heterocycles. The van der Waals surface area contributed by atoms with Gasteiger partial charge in [0.1, 0.15) is 17.6 Å². The lowest BCUT2D eigenvalue weighted by Crippen LogP contribution is -2.41. The van der Waals surface area contributed by atoms with Crippen LogP contribution in [0.2, 0.25) is 0 Å². The minimum atomic E-state index is -3.57. The maximum Gasteiger partial charge on any atom is 0.280 e. The van der Waals surface area contributed by atoms with E-state index in [0.29, 0.717) is 18.9 Å². The number of aromatic nitrogens is 2. The number of aryl methyl sites for hydroxylation is 1. The van der Waals surface area contributed by atoms with Crippen LogP contribution >= 0.6 is 0 Å². The summed E-state index contributed by atoms with van der Waals surface area (Å²) in [6, 6.07) is 6.78. The molecule has 1 aliphatic rings. The van der Waals surface area contributed by atoms with E-state index < -0.39 is 16.3 Å². The Balaban J connectivity index is 1.94. The van der Waals surface area contributed by atoms with Gasteiger partial charge in [-0.2, -0.15) is 17.4 Å². The van der Waals surface area contributed by atoms with E-state index in [9.17, 15) is 8.42 Å². The molecule has 130 valence electrons. The van der Waals surface area contributed by atoms with Gasteiger partial charge in [-0.25, -0.2) is 4.98 Å². The highest BCUT2D eigenvalue weighted by Gasteiger charge is 2.30. The van der Waals surface area contributed by atoms with Crippen molar-refractivity contribution in [1.29, 1.82) is 0 Å². The highest BCUT2D eigenvalue weighted by molar-refractivity contribution is 7.87. The molecule has 1 aromatic heterocycles. The number of imidazole rings is 1. The summed E-state index contributed by atoms with van der Waals surface area (Å²) in [5.41, 5.74) is 0.813. The number of rotatable bonds is 6. The van der Waals surface area contributed by atoms with Gasteiger partial charge >= 0.3 is 0 Å². The molecule has 1 fully saturated rings. The largest absolute Gasteiger partial charge is 0.497 e. The molecule has 0 radical (unpaired) electrons. The van der Waals surface area contributed by atoms with Gasteiger partial charge in [0.2, 0.25) is 0 Å². The second-order valence-electron chi connectivity index (χ2n) is 5.83. The summed E-state index contributed by atoms with van der Waals surface area (Å²) < 4.78 is 36.7. The van der Waals surface area contributed by atoms with Gasteiger partial charge in [0.15, 0.2) is 0 Å². The Kier molecular flexibility index (Phi) is 4.88. The minimum absolute atomic E-state index is 0.554. The van der Waals surface area contributed by atoms with E-state index in [1.54, 1.807) is 19.5 Å². The monoisotopic (exact) mass is 350 g/mol. The lowest BCUT2D eigenvalue weighted by atomic mass is 10.1. The van der Waals surface area contributed by atoms with Crippen molar-refractivity contribution in [3.05, 3.63) is 48.0 Å². The summed E-state index contributed by atoms with van der Waals surface area (Å²) in [6.45, 7) is 1.12. The summed E-state index contributed by atoms with van der Waals surface area (Å²) in [5, 5.41) is 0. The van der Waals surface area contributed by atoms with Crippen molar-refractivity contribution in [2.45, 2.75) is 18.9 Å². The number of methoxy groups -OCH3 is 1. The van der Waals surface area contributed by atoms with Crippen LogP contribution in [0.3, 0.4) is 0 Å². The van der Waals surface area contributed by atoms with E-state index in [-0.39, 0.29) is 0 Å². The van der Waals surface area contributed by atoms with Crippen molar-refractivity contribution < 1.29 is 13.2 Å². The first-order valence-electron chi connectivity index (χ1n) is 7.90. The summed E-state index contributed by atoms with van der Waals surface area (Å²) >= 11 is 0. The molecule has 0 aliphatic carbocycles. The molecule has 1 aromatic carbocycles. The molecule has 0 amide bonds. The Bertz CT molecular complexity index is 780. The fraction of sp³-hybridized carbons (Fsp3) is 0.438. The normalized spacial score (nSPS) is 17.1. The number of hydrogen-bond donors (Lipinski definition) is 1. The summed E-state index contributed by atoms with van der Waals surface area (Å²) in [7, 11) is -0.118. The fourth-order valence-electron chi connectivity index (χ4n) is 2.87. The average Bonchev–Trinajstić information content (AvgIpc) is 3.25. The molecule has 1 N–H and O–H groups in total. The molecule has 8 heteroatoms. The van der Waals surface area contributed by atoms with E-state index in [0.717, 1.165) is 24.2 Å². The van der Waals surface area contributed by atoms with Crippen molar-refractivity contribution in [2.24, 2.45) is 7.05 Å². The highest BCUT2D eigenvalue weighted by atomic mass is 32.2. The van der Waals surface area contributed by atoms with Crippen LogP contribution in [-0.2, 0) is 17.3 Å². The maximum atomic E-state index is 12.7. The first-order valence-corrected chi connectivity index (χ1v) is 9.34. The smallest absolute Gasteiger partial charge is 0.280 e. The zero-order chi connectivity index (χ0) is 17.2. The predicted molar refractivity (Wildman–Crippen MR) is 90.9 cm³/mol. The Labute approximate surface area is 142 Å². The Morgan fingerprint density at radius 1 is 1.21 bits per heavy atom. The Morgan fingerprint density at radius 3 is 2.42 bits per heavy atom. The quantitative estimate of drug-likeness (QED) is 0.855. The van der Waals surface area contributed by atoms with Crippen LogP contribution in [0.1, 0.15) is 30.3 Å². The third-order valence-electron chi connectivity index (χ3n) is 4.24.